The molecule has 41 heavy (non-hydrogen) atoms. The van der Waals surface area contributed by atoms with Crippen molar-refractivity contribution in [2.75, 3.05) is 18.1 Å². The number of nitrogens with zero attached hydrogens (tertiary/aromatic N) is 2. The minimum absolute atomic E-state index is 0.0297. The van der Waals surface area contributed by atoms with E-state index in [-0.39, 0.29) is 30.1 Å². The van der Waals surface area contributed by atoms with Crippen LogP contribution < -0.4 is 10.3 Å². The highest BCUT2D eigenvalue weighted by molar-refractivity contribution is 6.32. The molecule has 3 aromatic rings. The lowest BCUT2D eigenvalue weighted by atomic mass is 9.47. The van der Waals surface area contributed by atoms with E-state index >= 15 is 0 Å². The van der Waals surface area contributed by atoms with Gasteiger partial charge >= 0.3 is 0 Å². The van der Waals surface area contributed by atoms with Crippen molar-refractivity contribution in [1.82, 2.24) is 5.43 Å². The van der Waals surface area contributed by atoms with Gasteiger partial charge < -0.3 is 9.47 Å². The van der Waals surface area contributed by atoms with Crippen LogP contribution in [0.5, 0.6) is 0 Å². The topological polar surface area (TPSA) is 97.3 Å². The standard InChI is InChI=1S/C32H28ClN3O5/c1-18-11-12-19(15-24(18)33)36-29(38)27-26-20-7-3-5-9-22(20)32(28(27)30(36)39,23-10-6-4-8-21(23)26)17-34-35-25(37)16-31(2)40-13-14-41-31/h3-12,15,17,26-28H,13-14,16H2,1-2H3,(H,35,37)/b34-17-/t26?,27-,28-,32?/m0/s1. The first kappa shape index (κ1) is 26.1. The number of imide groups is 1. The third kappa shape index (κ3) is 3.74. The fourth-order valence-electron chi connectivity index (χ4n) is 7.22. The van der Waals surface area contributed by atoms with E-state index in [1.54, 1.807) is 25.3 Å². The highest BCUT2D eigenvalue weighted by atomic mass is 35.5. The zero-order valence-electron chi connectivity index (χ0n) is 22.6. The average Bonchev–Trinajstić information content (AvgIpc) is 3.51. The summed E-state index contributed by atoms with van der Waals surface area (Å²) in [6.45, 7) is 4.44. The molecule has 2 saturated heterocycles. The van der Waals surface area contributed by atoms with Gasteiger partial charge in [-0.3, -0.25) is 14.4 Å². The predicted octanol–water partition coefficient (Wildman–Crippen LogP) is 4.45. The molecule has 0 spiro atoms. The summed E-state index contributed by atoms with van der Waals surface area (Å²) in [6.07, 6.45) is 1.61. The maximum absolute atomic E-state index is 14.4. The number of amides is 3. The van der Waals surface area contributed by atoms with Gasteiger partial charge in [-0.05, 0) is 53.8 Å². The Morgan fingerprint density at radius 3 is 2.29 bits per heavy atom. The molecule has 3 aromatic carbocycles. The van der Waals surface area contributed by atoms with E-state index in [2.05, 4.69) is 10.5 Å². The summed E-state index contributed by atoms with van der Waals surface area (Å²) in [7, 11) is 0. The number of halogens is 1. The van der Waals surface area contributed by atoms with Gasteiger partial charge in [-0.2, -0.15) is 5.10 Å². The number of rotatable bonds is 5. The van der Waals surface area contributed by atoms with Gasteiger partial charge in [-0.25, -0.2) is 10.3 Å². The van der Waals surface area contributed by atoms with Gasteiger partial charge in [0.15, 0.2) is 5.79 Å². The Morgan fingerprint density at radius 2 is 1.66 bits per heavy atom. The zero-order chi connectivity index (χ0) is 28.5. The van der Waals surface area contributed by atoms with Crippen molar-refractivity contribution < 1.29 is 23.9 Å². The molecule has 8 rings (SSSR count). The molecule has 3 amide bonds. The van der Waals surface area contributed by atoms with Crippen LogP contribution >= 0.6 is 11.6 Å². The Morgan fingerprint density at radius 1 is 1.02 bits per heavy atom. The van der Waals surface area contributed by atoms with Gasteiger partial charge in [-0.1, -0.05) is 66.2 Å². The second-order valence-corrected chi connectivity index (χ2v) is 11.7. The lowest BCUT2D eigenvalue weighted by molar-refractivity contribution is -0.159. The summed E-state index contributed by atoms with van der Waals surface area (Å²) in [6, 6.07) is 21.0. The van der Waals surface area contributed by atoms with Crippen molar-refractivity contribution in [2.45, 2.75) is 37.4 Å². The number of aryl methyl sites for hydroxylation is 1. The Hall–Kier alpha value is -3.85. The number of hydrogen-bond acceptors (Lipinski definition) is 6. The number of hydrogen-bond donors (Lipinski definition) is 1. The molecule has 2 heterocycles. The Bertz CT molecular complexity index is 1600. The van der Waals surface area contributed by atoms with Gasteiger partial charge in [0.1, 0.15) is 0 Å². The monoisotopic (exact) mass is 569 g/mol. The van der Waals surface area contributed by atoms with Crippen LogP contribution in [0.2, 0.25) is 5.02 Å². The number of hydrazone groups is 1. The first-order valence-corrected chi connectivity index (χ1v) is 14.1. The molecule has 8 nitrogen and oxygen atoms in total. The molecule has 208 valence electrons. The summed E-state index contributed by atoms with van der Waals surface area (Å²) in [4.78, 5) is 42.8. The smallest absolute Gasteiger partial charge is 0.245 e. The minimum atomic E-state index is -1.08. The lowest BCUT2D eigenvalue weighted by Gasteiger charge is -2.52. The molecule has 9 heteroatoms. The lowest BCUT2D eigenvalue weighted by Crippen LogP contribution is -2.54. The molecule has 2 aliphatic heterocycles. The molecule has 2 bridgehead atoms. The van der Waals surface area contributed by atoms with E-state index in [4.69, 9.17) is 21.1 Å². The fourth-order valence-corrected chi connectivity index (χ4v) is 7.40. The van der Waals surface area contributed by atoms with Crippen molar-refractivity contribution in [3.63, 3.8) is 0 Å². The summed E-state index contributed by atoms with van der Waals surface area (Å²) < 4.78 is 11.1. The molecular weight excluding hydrogens is 542 g/mol. The highest BCUT2D eigenvalue weighted by Crippen LogP contribution is 2.63. The third-order valence-corrected chi connectivity index (χ3v) is 9.34. The summed E-state index contributed by atoms with van der Waals surface area (Å²) >= 11 is 6.42. The Balaban J connectivity index is 1.36. The summed E-state index contributed by atoms with van der Waals surface area (Å²) in [5, 5.41) is 4.92. The van der Waals surface area contributed by atoms with Crippen LogP contribution in [0.3, 0.4) is 0 Å². The van der Waals surface area contributed by atoms with Crippen LogP contribution in [0.25, 0.3) is 0 Å². The summed E-state index contributed by atoms with van der Waals surface area (Å²) in [5.41, 5.74) is 6.62. The van der Waals surface area contributed by atoms with Crippen LogP contribution in [0.4, 0.5) is 5.69 Å². The van der Waals surface area contributed by atoms with Crippen molar-refractivity contribution in [1.29, 1.82) is 0 Å². The van der Waals surface area contributed by atoms with Crippen LogP contribution in [0.15, 0.2) is 71.8 Å². The average molecular weight is 570 g/mol. The molecule has 3 aliphatic carbocycles. The quantitative estimate of drug-likeness (QED) is 0.278. The van der Waals surface area contributed by atoms with Crippen LogP contribution in [0.1, 0.15) is 47.1 Å². The molecular formula is C32H28ClN3O5. The van der Waals surface area contributed by atoms with Crippen LogP contribution in [-0.4, -0.2) is 42.9 Å². The first-order valence-electron chi connectivity index (χ1n) is 13.7. The number of carbonyl (C=O) groups is 3. The molecule has 0 saturated carbocycles. The first-order chi connectivity index (χ1) is 19.7. The molecule has 0 aromatic heterocycles. The van der Waals surface area contributed by atoms with E-state index in [1.165, 1.54) is 4.90 Å². The molecule has 1 N–H and O–H groups in total. The van der Waals surface area contributed by atoms with Crippen LogP contribution in [-0.2, 0) is 29.3 Å². The van der Waals surface area contributed by atoms with Crippen molar-refractivity contribution >= 4 is 41.2 Å². The number of anilines is 1. The fraction of sp³-hybridized carbons (Fsp3) is 0.312. The largest absolute Gasteiger partial charge is 0.347 e. The highest BCUT2D eigenvalue weighted by Gasteiger charge is 2.68. The predicted molar refractivity (Wildman–Crippen MR) is 153 cm³/mol. The van der Waals surface area contributed by atoms with E-state index < -0.39 is 23.0 Å². The second-order valence-electron chi connectivity index (χ2n) is 11.3. The van der Waals surface area contributed by atoms with E-state index in [9.17, 15) is 14.4 Å². The van der Waals surface area contributed by atoms with Crippen molar-refractivity contribution in [3.05, 3.63) is 99.6 Å². The second kappa shape index (κ2) is 9.34. The third-order valence-electron chi connectivity index (χ3n) is 8.93. The normalized spacial score (nSPS) is 27.2. The van der Waals surface area contributed by atoms with Gasteiger partial charge in [0.05, 0.1) is 42.6 Å². The maximum Gasteiger partial charge on any atom is 0.245 e. The summed E-state index contributed by atoms with van der Waals surface area (Å²) in [5.74, 6) is -3.66. The van der Waals surface area contributed by atoms with Crippen LogP contribution in [0, 0.1) is 18.8 Å². The van der Waals surface area contributed by atoms with Gasteiger partial charge in [0, 0.05) is 17.2 Å². The van der Waals surface area contributed by atoms with Gasteiger partial charge in [0.2, 0.25) is 17.7 Å². The number of carbonyl (C=O) groups excluding carboxylic acids is 3. The number of nitrogens with one attached hydrogen (secondary N) is 1. The molecule has 0 radical (unpaired) electrons. The maximum atomic E-state index is 14.4. The van der Waals surface area contributed by atoms with E-state index in [0.717, 1.165) is 27.8 Å². The molecule has 5 aliphatic rings. The zero-order valence-corrected chi connectivity index (χ0v) is 23.4. The number of benzene rings is 3. The van der Waals surface area contributed by atoms with E-state index in [1.807, 2.05) is 61.5 Å². The minimum Gasteiger partial charge on any atom is -0.347 e. The van der Waals surface area contributed by atoms with Gasteiger partial charge in [-0.15, -0.1) is 0 Å². The molecule has 2 atom stereocenters. The Labute approximate surface area is 242 Å². The van der Waals surface area contributed by atoms with Gasteiger partial charge in [0.25, 0.3) is 0 Å². The molecule has 2 fully saturated rings. The SMILES string of the molecule is Cc1ccc(N2C(=O)[C@@H]3[C@@H](C2=O)C2c4ccccc4C3(/C=N\NC(=O)CC3(C)OCCO3)c3ccccc32)cc1Cl. The van der Waals surface area contributed by atoms with E-state index in [0.29, 0.717) is 23.9 Å². The number of ether oxygens (including phenoxy) is 2. The Kier molecular flexibility index (Phi) is 5.94. The van der Waals surface area contributed by atoms with Crippen molar-refractivity contribution in [3.8, 4) is 0 Å². The molecule has 0 unspecified atom stereocenters. The van der Waals surface area contributed by atoms with Crippen molar-refractivity contribution in [2.24, 2.45) is 16.9 Å².